The molecule has 0 radical (unpaired) electrons. The number of sulfone groups is 2. The van der Waals surface area contributed by atoms with E-state index >= 15 is 0 Å². The van der Waals surface area contributed by atoms with Gasteiger partial charge in [0.15, 0.2) is 31.2 Å². The summed E-state index contributed by atoms with van der Waals surface area (Å²) in [5.41, 5.74) is 15.3. The van der Waals surface area contributed by atoms with Gasteiger partial charge in [0.2, 0.25) is 23.6 Å². The van der Waals surface area contributed by atoms with E-state index in [4.69, 9.17) is 16.5 Å². The minimum atomic E-state index is -3.38. The van der Waals surface area contributed by atoms with Crippen LogP contribution in [-0.4, -0.2) is 254 Å². The molecule has 4 aromatic carbocycles. The summed E-state index contributed by atoms with van der Waals surface area (Å²) in [4.78, 5) is 190. The van der Waals surface area contributed by atoms with Crippen LogP contribution in [0.15, 0.2) is 107 Å². The normalized spacial score (nSPS) is 21.7. The lowest BCUT2D eigenvalue weighted by Gasteiger charge is -2.40. The molecular formula is C81H93N19O17S2. The number of nitrogens with zero attached hydrogens (tertiary/aromatic N) is 11. The monoisotopic (exact) mass is 1670 g/mol. The minimum Gasteiger partial charge on any atom is -0.364 e. The van der Waals surface area contributed by atoms with Crippen LogP contribution >= 0.6 is 0 Å². The maximum absolute atomic E-state index is 13.5. The van der Waals surface area contributed by atoms with E-state index in [0.717, 1.165) is 137 Å². The highest BCUT2D eigenvalue weighted by Crippen LogP contribution is 2.42. The van der Waals surface area contributed by atoms with Crippen LogP contribution in [0, 0.1) is 10.8 Å². The number of imide groups is 4. The average molecular weight is 1670 g/mol. The molecule has 16 rings (SSSR count). The van der Waals surface area contributed by atoms with Crippen LogP contribution in [0.3, 0.4) is 0 Å². The number of hydrogen-bond donors (Lipinski definition) is 8. The second-order valence-corrected chi connectivity index (χ2v) is 36.3. The Kier molecular flexibility index (Phi) is 24.2. The summed E-state index contributed by atoms with van der Waals surface area (Å²) < 4.78 is 47.3. The van der Waals surface area contributed by atoms with Crippen LogP contribution < -0.4 is 53.2 Å². The summed E-state index contributed by atoms with van der Waals surface area (Å²) in [5.74, 6) is -4.53. The van der Waals surface area contributed by atoms with E-state index < -0.39 is 90.8 Å². The highest BCUT2D eigenvalue weighted by Gasteiger charge is 2.48. The molecule has 8 fully saturated rings. The van der Waals surface area contributed by atoms with Gasteiger partial charge in [0, 0.05) is 127 Å². The summed E-state index contributed by atoms with van der Waals surface area (Å²) in [6.45, 7) is 9.81. The number of aromatic nitrogens is 4. The molecule has 10 aliphatic rings. The Morgan fingerprint density at radius 1 is 0.546 bits per heavy atom. The number of piperidine rings is 6. The Morgan fingerprint density at radius 2 is 1.03 bits per heavy atom. The molecule has 626 valence electrons. The van der Waals surface area contributed by atoms with Crippen LogP contribution in [0.1, 0.15) is 179 Å². The van der Waals surface area contributed by atoms with E-state index in [0.29, 0.717) is 74.0 Å². The highest BCUT2D eigenvalue weighted by atomic mass is 32.2. The number of nitrogens with one attached hydrogen (secondary N) is 6. The first-order chi connectivity index (χ1) is 56.8. The fraction of sp³-hybridized carbons (Fsp3) is 0.444. The predicted molar refractivity (Wildman–Crippen MR) is 429 cm³/mol. The van der Waals surface area contributed by atoms with Gasteiger partial charge in [-0.1, -0.05) is 24.3 Å². The van der Waals surface area contributed by atoms with Crippen LogP contribution in [-0.2, 0) is 51.8 Å². The van der Waals surface area contributed by atoms with Gasteiger partial charge in [0.25, 0.3) is 35.4 Å². The van der Waals surface area contributed by atoms with Crippen LogP contribution in [0.25, 0.3) is 0 Å². The quantitative estimate of drug-likeness (QED) is 0.0480. The third-order valence-corrected chi connectivity index (χ3v) is 26.3. The molecule has 119 heavy (non-hydrogen) atoms. The molecule has 36 nitrogen and oxygen atoms in total. The van der Waals surface area contributed by atoms with Gasteiger partial charge in [-0.15, -0.1) is 0 Å². The van der Waals surface area contributed by atoms with Gasteiger partial charge in [-0.25, -0.2) is 46.4 Å². The lowest BCUT2D eigenvalue weighted by Crippen LogP contribution is -2.54. The number of fused-ring (bicyclic) bond motifs is 2. The van der Waals surface area contributed by atoms with Gasteiger partial charge in [0.1, 0.15) is 35.7 Å². The zero-order valence-electron chi connectivity index (χ0n) is 65.8. The van der Waals surface area contributed by atoms with Gasteiger partial charge in [0.05, 0.1) is 50.1 Å². The molecular weight excluding hydrogens is 1580 g/mol. The molecule has 10 N–H and O–H groups in total. The van der Waals surface area contributed by atoms with Crippen molar-refractivity contribution >= 4 is 120 Å². The zero-order chi connectivity index (χ0) is 84.4. The minimum absolute atomic E-state index is 0.00366. The first-order valence-corrected chi connectivity index (χ1v) is 43.5. The molecule has 0 bridgehead atoms. The number of amides is 14. The largest absolute Gasteiger partial charge is 0.364 e. The summed E-state index contributed by atoms with van der Waals surface area (Å²) >= 11 is 0. The zero-order valence-corrected chi connectivity index (χ0v) is 67.4. The second kappa shape index (κ2) is 34.5. The van der Waals surface area contributed by atoms with Crippen molar-refractivity contribution in [3.05, 3.63) is 153 Å². The van der Waals surface area contributed by atoms with Crippen molar-refractivity contribution in [2.45, 2.75) is 137 Å². The number of carbonyl (C=O) groups is 13. The number of aldehydes is 1. The summed E-state index contributed by atoms with van der Waals surface area (Å²) in [6, 6.07) is 19.7. The number of urea groups is 2. The molecule has 6 aromatic rings. The number of nitrogens with two attached hydrogens (primary N) is 2. The standard InChI is InChI=1S/C40H46N10O8S.C27H37N7O4S.C14H10N2O5/c1-59(57,58)27-7-5-25(6-8-27)43-35-33(34(41)52)42-20-31(45-35)49-15-2-3-26(22-49)44-39(56)48-17-13-40(14-18-48)12-16-47(23-40)21-24-4-9-28-29(19-24)38(55)50(37(28)54)30-10-11-32(51)46-36(30)53;1-39(37,38)21-6-4-19(5-7-21)15-22-24(25(28)35)30-16-23(32-22)34-12-2-3-20(17-34)31-26(36)33-13-9-27(10-14-33)8-11-29-18-27;17-6-7-1-2-8-9(5-7)14(21)16(13(8)20)10-3-4-11(18)15-12(10)19/h4-9,19-20,26,30H,2-3,10-18,21-23H2,1H3,(H2,41,52)(H,43,45)(H,44,56)(H,46,51,53);4-7,16,20,29H,2-3,8-15,17-18H2,1H3,(H2,28,35)(H,31,36);1-2,5-6,10H,3-4H2,(H,15,18,19). The lowest BCUT2D eigenvalue weighted by molar-refractivity contribution is -0.137. The Balaban J connectivity index is 0.000000165. The van der Waals surface area contributed by atoms with Crippen molar-refractivity contribution in [3.63, 3.8) is 0 Å². The van der Waals surface area contributed by atoms with Gasteiger partial charge in [-0.05, 0) is 173 Å². The summed E-state index contributed by atoms with van der Waals surface area (Å²) in [5, 5.41) is 17.3. The Hall–Kier alpha value is -12.0. The summed E-state index contributed by atoms with van der Waals surface area (Å²) in [7, 11) is -6.69. The third-order valence-electron chi connectivity index (χ3n) is 24.1. The molecule has 8 saturated heterocycles. The van der Waals surface area contributed by atoms with Gasteiger partial charge in [-0.3, -0.25) is 78.1 Å². The molecule has 0 saturated carbocycles. The van der Waals surface area contributed by atoms with Gasteiger partial charge in [-0.2, -0.15) is 0 Å². The SMILES string of the molecule is CS(=O)(=O)c1ccc(Cc2nc(N3CCCC(NC(=O)N4CCC5(CCNC5)CC4)C3)cnc2C(N)=O)cc1.CS(=O)(=O)c1ccc(Nc2nc(N3CCCC(NC(=O)N4CCC5(CCN(Cc6ccc7c(c6)C(=O)N(C6CCC(=O)NC6=O)C7=O)C5)CC4)C3)cnc2C(N)=O)cc1.O=Cc1ccc2c(c1)C(=O)N(C1CCC(=O)NC1=O)C2=O. The predicted octanol–water partition coefficient (Wildman–Crippen LogP) is 3.01. The number of primary amides is 2. The number of carbonyl (C=O) groups excluding carboxylic acids is 13. The van der Waals surface area contributed by atoms with Crippen LogP contribution in [0.4, 0.5) is 32.7 Å². The van der Waals surface area contributed by atoms with E-state index in [1.807, 2.05) is 20.8 Å². The molecule has 4 atom stereocenters. The van der Waals surface area contributed by atoms with Crippen molar-refractivity contribution in [2.24, 2.45) is 22.3 Å². The Bertz CT molecular complexity index is 5340. The van der Waals surface area contributed by atoms with E-state index in [1.165, 1.54) is 55.1 Å². The number of hydrogen-bond acceptors (Lipinski definition) is 26. The van der Waals surface area contributed by atoms with E-state index in [9.17, 15) is 79.2 Å². The Morgan fingerprint density at radius 3 is 1.53 bits per heavy atom. The van der Waals surface area contributed by atoms with Crippen molar-refractivity contribution in [1.82, 2.24) is 71.0 Å². The first-order valence-electron chi connectivity index (χ1n) is 39.7. The topological polar surface area (TPSA) is 489 Å². The molecule has 0 aliphatic carbocycles. The fourth-order valence-corrected chi connectivity index (χ4v) is 18.7. The van der Waals surface area contributed by atoms with E-state index in [2.05, 4.69) is 56.7 Å². The molecule has 10 aliphatic heterocycles. The van der Waals surface area contributed by atoms with Crippen molar-refractivity contribution in [2.75, 3.05) is 106 Å². The van der Waals surface area contributed by atoms with E-state index in [1.54, 1.807) is 42.6 Å². The number of benzene rings is 4. The van der Waals surface area contributed by atoms with E-state index in [-0.39, 0.29) is 116 Å². The average Bonchev–Trinajstić information content (AvgIpc) is 1.61. The first kappa shape index (κ1) is 83.5. The Labute approximate surface area is 685 Å². The van der Waals surface area contributed by atoms with Crippen LogP contribution in [0.2, 0.25) is 0 Å². The van der Waals surface area contributed by atoms with Crippen molar-refractivity contribution < 1.29 is 79.2 Å². The molecule has 2 spiro atoms. The molecule has 2 aromatic heterocycles. The smallest absolute Gasteiger partial charge is 0.317 e. The molecule has 38 heteroatoms. The number of likely N-dealkylation sites (tertiary alicyclic amines) is 3. The number of anilines is 4. The highest BCUT2D eigenvalue weighted by molar-refractivity contribution is 7.91. The third kappa shape index (κ3) is 18.6. The lowest BCUT2D eigenvalue weighted by atomic mass is 9.78. The van der Waals surface area contributed by atoms with Gasteiger partial charge < -0.3 is 52.3 Å². The molecule has 12 heterocycles. The maximum Gasteiger partial charge on any atom is 0.317 e. The van der Waals surface area contributed by atoms with Gasteiger partial charge >= 0.3 is 12.1 Å². The summed E-state index contributed by atoms with van der Waals surface area (Å²) in [6.07, 6.45) is 15.9. The molecule has 4 unspecified atom stereocenters. The molecule has 14 amide bonds. The fourth-order valence-electron chi connectivity index (χ4n) is 17.4. The second-order valence-electron chi connectivity index (χ2n) is 32.2. The van der Waals surface area contributed by atoms with Crippen LogP contribution in [0.5, 0.6) is 0 Å². The van der Waals surface area contributed by atoms with Crippen molar-refractivity contribution in [1.29, 1.82) is 0 Å². The number of rotatable bonds is 17. The maximum atomic E-state index is 13.5. The van der Waals surface area contributed by atoms with Crippen molar-refractivity contribution in [3.8, 4) is 0 Å².